The molecular formula is C13H17N3O5. The van der Waals surface area contributed by atoms with Crippen molar-refractivity contribution in [1.29, 1.82) is 0 Å². The van der Waals surface area contributed by atoms with Gasteiger partial charge in [-0.15, -0.1) is 0 Å². The fourth-order valence-corrected chi connectivity index (χ4v) is 2.51. The largest absolute Gasteiger partial charge is 0.485 e. The van der Waals surface area contributed by atoms with Gasteiger partial charge in [0.05, 0.1) is 21.5 Å². The van der Waals surface area contributed by atoms with Gasteiger partial charge in [0.2, 0.25) is 0 Å². The molecule has 0 aromatic heterocycles. The number of hydrogen-bond donors (Lipinski definition) is 1. The predicted octanol–water partition coefficient (Wildman–Crippen LogP) is 2.54. The second-order valence-electron chi connectivity index (χ2n) is 5.38. The molecule has 114 valence electrons. The molecule has 0 unspecified atom stereocenters. The zero-order valence-electron chi connectivity index (χ0n) is 11.5. The lowest BCUT2D eigenvalue weighted by atomic mass is 9.83. The van der Waals surface area contributed by atoms with Gasteiger partial charge in [-0.25, -0.2) is 0 Å². The van der Waals surface area contributed by atoms with E-state index in [1.54, 1.807) is 0 Å². The first-order valence-electron chi connectivity index (χ1n) is 6.76. The van der Waals surface area contributed by atoms with Crippen molar-refractivity contribution in [3.8, 4) is 5.75 Å². The van der Waals surface area contributed by atoms with E-state index in [1.165, 1.54) is 12.1 Å². The van der Waals surface area contributed by atoms with Crippen molar-refractivity contribution in [2.24, 2.45) is 5.73 Å². The van der Waals surface area contributed by atoms with Crippen LogP contribution in [0.5, 0.6) is 5.75 Å². The third-order valence-electron chi connectivity index (χ3n) is 3.71. The zero-order valence-corrected chi connectivity index (χ0v) is 11.5. The van der Waals surface area contributed by atoms with E-state index in [2.05, 4.69) is 0 Å². The first-order chi connectivity index (χ1) is 9.91. The molecule has 0 amide bonds. The first-order valence-corrected chi connectivity index (χ1v) is 6.76. The monoisotopic (exact) mass is 295 g/mol. The number of benzene rings is 1. The number of rotatable bonds is 5. The van der Waals surface area contributed by atoms with E-state index in [0.29, 0.717) is 0 Å². The number of non-ortho nitro benzene ring substituents is 1. The molecule has 21 heavy (non-hydrogen) atoms. The van der Waals surface area contributed by atoms with E-state index >= 15 is 0 Å². The average Bonchev–Trinajstić information content (AvgIpc) is 2.45. The fraction of sp³-hybridized carbons (Fsp3) is 0.538. The molecule has 1 aliphatic carbocycles. The Bertz CT molecular complexity index is 555. The minimum Gasteiger partial charge on any atom is -0.485 e. The molecule has 1 saturated carbocycles. The Kier molecular flexibility index (Phi) is 4.37. The topological polar surface area (TPSA) is 122 Å². The Morgan fingerprint density at radius 1 is 1.14 bits per heavy atom. The number of nitro groups is 2. The van der Waals surface area contributed by atoms with Crippen LogP contribution in [0.4, 0.5) is 11.4 Å². The Labute approximate surface area is 121 Å². The SMILES string of the molecule is NC1(COc2ccc([N+](=O)[O-])cc2[N+](=O)[O-])CCCCC1. The van der Waals surface area contributed by atoms with Gasteiger partial charge in [0.1, 0.15) is 6.61 Å². The van der Waals surface area contributed by atoms with E-state index in [1.807, 2.05) is 0 Å². The van der Waals surface area contributed by atoms with Gasteiger partial charge in [0.25, 0.3) is 5.69 Å². The highest BCUT2D eigenvalue weighted by Gasteiger charge is 2.30. The minimum absolute atomic E-state index is 0.0148. The molecule has 8 heteroatoms. The molecule has 0 aliphatic heterocycles. The summed E-state index contributed by atoms with van der Waals surface area (Å²) in [5.41, 5.74) is 4.98. The molecule has 1 aliphatic rings. The van der Waals surface area contributed by atoms with Gasteiger partial charge in [-0.3, -0.25) is 20.2 Å². The van der Waals surface area contributed by atoms with Gasteiger partial charge in [0.15, 0.2) is 5.75 Å². The van der Waals surface area contributed by atoms with Crippen molar-refractivity contribution in [3.63, 3.8) is 0 Å². The van der Waals surface area contributed by atoms with Crippen molar-refractivity contribution >= 4 is 11.4 Å². The highest BCUT2D eigenvalue weighted by molar-refractivity contribution is 5.53. The third-order valence-corrected chi connectivity index (χ3v) is 3.71. The van der Waals surface area contributed by atoms with Crippen LogP contribution < -0.4 is 10.5 Å². The molecule has 2 rings (SSSR count). The maximum absolute atomic E-state index is 11.0. The summed E-state index contributed by atoms with van der Waals surface area (Å²) in [4.78, 5) is 20.3. The van der Waals surface area contributed by atoms with Crippen LogP contribution in [0.3, 0.4) is 0 Å². The van der Waals surface area contributed by atoms with Crippen molar-refractivity contribution in [1.82, 2.24) is 0 Å². The number of nitrogens with zero attached hydrogens (tertiary/aromatic N) is 2. The second kappa shape index (κ2) is 6.04. The summed E-state index contributed by atoms with van der Waals surface area (Å²) in [5, 5.41) is 21.7. The molecule has 0 spiro atoms. The molecule has 0 radical (unpaired) electrons. The van der Waals surface area contributed by atoms with Crippen LogP contribution >= 0.6 is 0 Å². The number of nitro benzene ring substituents is 2. The smallest absolute Gasteiger partial charge is 0.317 e. The van der Waals surface area contributed by atoms with Crippen LogP contribution in [0.25, 0.3) is 0 Å². The van der Waals surface area contributed by atoms with E-state index in [9.17, 15) is 20.2 Å². The summed E-state index contributed by atoms with van der Waals surface area (Å²) in [6, 6.07) is 3.34. The van der Waals surface area contributed by atoms with Crippen LogP contribution in [-0.2, 0) is 0 Å². The lowest BCUT2D eigenvalue weighted by molar-refractivity contribution is -0.394. The summed E-state index contributed by atoms with van der Waals surface area (Å²) < 4.78 is 5.49. The van der Waals surface area contributed by atoms with Crippen LogP contribution in [0.2, 0.25) is 0 Å². The van der Waals surface area contributed by atoms with E-state index < -0.39 is 21.1 Å². The summed E-state index contributed by atoms with van der Waals surface area (Å²) >= 11 is 0. The molecular weight excluding hydrogens is 278 g/mol. The summed E-state index contributed by atoms with van der Waals surface area (Å²) in [6.07, 6.45) is 4.79. The summed E-state index contributed by atoms with van der Waals surface area (Å²) in [6.45, 7) is 0.172. The van der Waals surface area contributed by atoms with E-state index in [0.717, 1.165) is 38.2 Å². The molecule has 2 N–H and O–H groups in total. The first kappa shape index (κ1) is 15.2. The standard InChI is InChI=1S/C13H17N3O5/c14-13(6-2-1-3-7-13)9-21-12-5-4-10(15(17)18)8-11(12)16(19)20/h4-5,8H,1-3,6-7,9,14H2. The fourth-order valence-electron chi connectivity index (χ4n) is 2.51. The predicted molar refractivity (Wildman–Crippen MR) is 75.2 cm³/mol. The van der Waals surface area contributed by atoms with Crippen LogP contribution in [0, 0.1) is 20.2 Å². The summed E-state index contributed by atoms with van der Waals surface area (Å²) in [5.74, 6) is 0.0148. The minimum atomic E-state index is -0.688. The molecule has 1 aromatic carbocycles. The maximum Gasteiger partial charge on any atom is 0.317 e. The average molecular weight is 295 g/mol. The van der Waals surface area contributed by atoms with Gasteiger partial charge in [-0.2, -0.15) is 0 Å². The van der Waals surface area contributed by atoms with Crippen molar-refractivity contribution in [3.05, 3.63) is 38.4 Å². The van der Waals surface area contributed by atoms with Gasteiger partial charge in [-0.05, 0) is 18.9 Å². The van der Waals surface area contributed by atoms with Gasteiger partial charge in [-0.1, -0.05) is 19.3 Å². The lowest BCUT2D eigenvalue weighted by Gasteiger charge is -2.32. The molecule has 0 saturated heterocycles. The highest BCUT2D eigenvalue weighted by Crippen LogP contribution is 2.33. The molecule has 0 atom stereocenters. The van der Waals surface area contributed by atoms with E-state index in [-0.39, 0.29) is 18.0 Å². The van der Waals surface area contributed by atoms with Crippen molar-refractivity contribution in [2.45, 2.75) is 37.6 Å². The van der Waals surface area contributed by atoms with Crippen molar-refractivity contribution in [2.75, 3.05) is 6.61 Å². The normalized spacial score (nSPS) is 17.2. The number of nitrogens with two attached hydrogens (primary N) is 1. The van der Waals surface area contributed by atoms with Crippen LogP contribution in [0.15, 0.2) is 18.2 Å². The van der Waals surface area contributed by atoms with Gasteiger partial charge < -0.3 is 10.5 Å². The molecule has 1 aromatic rings. The maximum atomic E-state index is 11.0. The highest BCUT2D eigenvalue weighted by atomic mass is 16.6. The summed E-state index contributed by atoms with van der Waals surface area (Å²) in [7, 11) is 0. The Balaban J connectivity index is 2.15. The third kappa shape index (κ3) is 3.66. The van der Waals surface area contributed by atoms with E-state index in [4.69, 9.17) is 10.5 Å². The molecule has 0 heterocycles. The molecule has 8 nitrogen and oxygen atoms in total. The zero-order chi connectivity index (χ0) is 15.5. The van der Waals surface area contributed by atoms with Crippen LogP contribution in [-0.4, -0.2) is 22.0 Å². The lowest BCUT2D eigenvalue weighted by Crippen LogP contribution is -2.47. The Morgan fingerprint density at radius 3 is 2.38 bits per heavy atom. The van der Waals surface area contributed by atoms with Gasteiger partial charge >= 0.3 is 5.69 Å². The van der Waals surface area contributed by atoms with Crippen LogP contribution in [0.1, 0.15) is 32.1 Å². The van der Waals surface area contributed by atoms with Crippen molar-refractivity contribution < 1.29 is 14.6 Å². The molecule has 1 fully saturated rings. The second-order valence-corrected chi connectivity index (χ2v) is 5.38. The van der Waals surface area contributed by atoms with Gasteiger partial charge in [0, 0.05) is 6.07 Å². The Hall–Kier alpha value is -2.22. The Morgan fingerprint density at radius 2 is 1.81 bits per heavy atom. The quantitative estimate of drug-likeness (QED) is 0.658. The number of hydrogen-bond acceptors (Lipinski definition) is 6. The molecule has 0 bridgehead atoms. The number of ether oxygens (including phenoxy) is 1.